The van der Waals surface area contributed by atoms with Crippen molar-refractivity contribution in [2.45, 2.75) is 0 Å². The van der Waals surface area contributed by atoms with Gasteiger partial charge in [-0.15, -0.1) is 0 Å². The number of aromatic carboxylic acids is 1. The maximum atomic E-state index is 10.8. The Balaban J connectivity index is 2.83. The fourth-order valence-electron chi connectivity index (χ4n) is 1.31. The van der Waals surface area contributed by atoms with Crippen LogP contribution in [0.25, 0.3) is 10.9 Å². The maximum Gasteiger partial charge on any atom is 0.355 e. The van der Waals surface area contributed by atoms with Crippen molar-refractivity contribution in [3.05, 3.63) is 34.4 Å². The summed E-state index contributed by atoms with van der Waals surface area (Å²) < 4.78 is 0.396. The summed E-state index contributed by atoms with van der Waals surface area (Å²) in [5.74, 6) is -1.16. The van der Waals surface area contributed by atoms with Gasteiger partial charge in [0.05, 0.1) is 4.47 Å². The van der Waals surface area contributed by atoms with Crippen LogP contribution in [-0.2, 0) is 0 Å². The predicted octanol–water partition coefficient (Wildman–Crippen LogP) is 2.40. The van der Waals surface area contributed by atoms with Gasteiger partial charge in [-0.1, -0.05) is 12.1 Å². The molecule has 1 aromatic carbocycles. The van der Waals surface area contributed by atoms with Crippen LogP contribution in [0, 0.1) is 0 Å². The summed E-state index contributed by atoms with van der Waals surface area (Å²) in [7, 11) is 0. The standard InChI is InChI=1S/C10H6BrNO3/c11-6-4-5-2-1-3-7(13)8(5)12-9(6)10(14)15/h1-4,13H,(H,14,15). The van der Waals surface area contributed by atoms with E-state index in [2.05, 4.69) is 20.9 Å². The molecule has 4 nitrogen and oxygen atoms in total. The zero-order valence-corrected chi connectivity index (χ0v) is 9.02. The Morgan fingerprint density at radius 1 is 1.40 bits per heavy atom. The minimum absolute atomic E-state index is 0.0255. The highest BCUT2D eigenvalue weighted by molar-refractivity contribution is 9.10. The molecule has 0 aliphatic carbocycles. The Morgan fingerprint density at radius 2 is 2.13 bits per heavy atom. The largest absolute Gasteiger partial charge is 0.506 e. The first-order valence-corrected chi connectivity index (χ1v) is 4.90. The van der Waals surface area contributed by atoms with Gasteiger partial charge >= 0.3 is 5.97 Å². The monoisotopic (exact) mass is 267 g/mol. The number of halogens is 1. The third-order valence-corrected chi connectivity index (χ3v) is 2.59. The molecule has 2 rings (SSSR count). The van der Waals surface area contributed by atoms with Crippen molar-refractivity contribution < 1.29 is 15.0 Å². The van der Waals surface area contributed by atoms with Gasteiger partial charge in [-0.3, -0.25) is 0 Å². The molecule has 1 aromatic heterocycles. The molecule has 2 N–H and O–H groups in total. The number of benzene rings is 1. The molecule has 0 aliphatic rings. The molecule has 2 aromatic rings. The van der Waals surface area contributed by atoms with E-state index < -0.39 is 5.97 Å². The lowest BCUT2D eigenvalue weighted by Crippen LogP contribution is -2.01. The summed E-state index contributed by atoms with van der Waals surface area (Å²) in [4.78, 5) is 14.7. The second-order valence-corrected chi connectivity index (χ2v) is 3.83. The number of aromatic hydroxyl groups is 1. The third kappa shape index (κ3) is 1.66. The number of carboxylic acid groups (broad SMARTS) is 1. The highest BCUT2D eigenvalue weighted by Crippen LogP contribution is 2.26. The molecule has 0 unspecified atom stereocenters. The van der Waals surface area contributed by atoms with Crippen molar-refractivity contribution in [2.75, 3.05) is 0 Å². The number of fused-ring (bicyclic) bond motifs is 1. The van der Waals surface area contributed by atoms with Gasteiger partial charge in [0, 0.05) is 5.39 Å². The summed E-state index contributed by atoms with van der Waals surface area (Å²) in [5, 5.41) is 19.0. The van der Waals surface area contributed by atoms with E-state index in [0.29, 0.717) is 9.86 Å². The Hall–Kier alpha value is -1.62. The minimum Gasteiger partial charge on any atom is -0.506 e. The van der Waals surface area contributed by atoms with Gasteiger partial charge in [0.25, 0.3) is 0 Å². The van der Waals surface area contributed by atoms with Gasteiger partial charge < -0.3 is 10.2 Å². The molecular weight excluding hydrogens is 262 g/mol. The molecule has 15 heavy (non-hydrogen) atoms. The van der Waals surface area contributed by atoms with E-state index in [1.165, 1.54) is 6.07 Å². The van der Waals surface area contributed by atoms with Gasteiger partial charge in [0.2, 0.25) is 0 Å². The van der Waals surface area contributed by atoms with Gasteiger partial charge in [0.15, 0.2) is 5.69 Å². The van der Waals surface area contributed by atoms with E-state index in [4.69, 9.17) is 5.11 Å². The summed E-state index contributed by atoms with van der Waals surface area (Å²) in [6.45, 7) is 0. The fraction of sp³-hybridized carbons (Fsp3) is 0. The van der Waals surface area contributed by atoms with Crippen LogP contribution in [-0.4, -0.2) is 21.2 Å². The van der Waals surface area contributed by atoms with Crippen LogP contribution in [0.15, 0.2) is 28.7 Å². The number of aromatic nitrogens is 1. The molecule has 76 valence electrons. The van der Waals surface area contributed by atoms with E-state index in [0.717, 1.165) is 0 Å². The van der Waals surface area contributed by atoms with Crippen LogP contribution in [0.4, 0.5) is 0 Å². The smallest absolute Gasteiger partial charge is 0.355 e. The predicted molar refractivity (Wildman–Crippen MR) is 58.1 cm³/mol. The van der Waals surface area contributed by atoms with E-state index in [9.17, 15) is 9.90 Å². The van der Waals surface area contributed by atoms with Crippen LogP contribution in [0.5, 0.6) is 5.75 Å². The molecule has 0 radical (unpaired) electrons. The van der Waals surface area contributed by atoms with Crippen LogP contribution in [0.2, 0.25) is 0 Å². The summed E-state index contributed by atoms with van der Waals surface area (Å²) in [5.41, 5.74) is 0.183. The van der Waals surface area contributed by atoms with Crippen molar-refractivity contribution in [2.24, 2.45) is 0 Å². The topological polar surface area (TPSA) is 70.4 Å². The Morgan fingerprint density at radius 3 is 2.80 bits per heavy atom. The molecule has 0 saturated heterocycles. The van der Waals surface area contributed by atoms with E-state index in [-0.39, 0.29) is 17.0 Å². The average molecular weight is 268 g/mol. The van der Waals surface area contributed by atoms with Gasteiger partial charge in [-0.05, 0) is 28.1 Å². The number of phenolic OH excluding ortho intramolecular Hbond substituents is 1. The summed E-state index contributed by atoms with van der Waals surface area (Å²) >= 11 is 3.12. The zero-order valence-electron chi connectivity index (χ0n) is 7.44. The number of pyridine rings is 1. The van der Waals surface area contributed by atoms with Crippen LogP contribution in [0.1, 0.15) is 10.5 Å². The molecule has 0 spiro atoms. The number of phenols is 1. The quantitative estimate of drug-likeness (QED) is 0.833. The lowest BCUT2D eigenvalue weighted by molar-refractivity contribution is 0.0690. The van der Waals surface area contributed by atoms with Crippen molar-refractivity contribution in [3.63, 3.8) is 0 Å². The Labute approximate surface area is 93.3 Å². The van der Waals surface area contributed by atoms with Gasteiger partial charge in [-0.25, -0.2) is 9.78 Å². The van der Waals surface area contributed by atoms with Gasteiger partial charge in [0.1, 0.15) is 11.3 Å². The van der Waals surface area contributed by atoms with Crippen molar-refractivity contribution in [1.29, 1.82) is 0 Å². The first-order valence-electron chi connectivity index (χ1n) is 4.11. The highest BCUT2D eigenvalue weighted by Gasteiger charge is 2.12. The number of carboxylic acids is 1. The second kappa shape index (κ2) is 3.51. The molecule has 5 heteroatoms. The highest BCUT2D eigenvalue weighted by atomic mass is 79.9. The minimum atomic E-state index is -1.13. The Bertz CT molecular complexity index is 554. The molecule has 1 heterocycles. The number of hydrogen-bond donors (Lipinski definition) is 2. The lowest BCUT2D eigenvalue weighted by atomic mass is 10.2. The zero-order chi connectivity index (χ0) is 11.0. The summed E-state index contributed by atoms with van der Waals surface area (Å²) in [6.07, 6.45) is 0. The van der Waals surface area contributed by atoms with Gasteiger partial charge in [-0.2, -0.15) is 0 Å². The van der Waals surface area contributed by atoms with E-state index in [1.807, 2.05) is 0 Å². The fourth-order valence-corrected chi connectivity index (χ4v) is 1.81. The number of rotatable bonds is 1. The lowest BCUT2D eigenvalue weighted by Gasteiger charge is -2.03. The molecule has 0 fully saturated rings. The molecule has 0 saturated carbocycles. The number of carbonyl (C=O) groups is 1. The van der Waals surface area contributed by atoms with Crippen LogP contribution in [0.3, 0.4) is 0 Å². The molecule has 0 aliphatic heterocycles. The Kier molecular flexibility index (Phi) is 2.32. The van der Waals surface area contributed by atoms with E-state index >= 15 is 0 Å². The van der Waals surface area contributed by atoms with Crippen molar-refractivity contribution in [1.82, 2.24) is 4.98 Å². The van der Waals surface area contributed by atoms with E-state index in [1.54, 1.807) is 18.2 Å². The molecule has 0 amide bonds. The molecule has 0 bridgehead atoms. The number of nitrogens with zero attached hydrogens (tertiary/aromatic N) is 1. The van der Waals surface area contributed by atoms with Crippen molar-refractivity contribution >= 4 is 32.8 Å². The first kappa shape index (κ1) is 9.92. The average Bonchev–Trinajstić information content (AvgIpc) is 2.16. The summed E-state index contributed by atoms with van der Waals surface area (Å²) in [6, 6.07) is 6.51. The first-order chi connectivity index (χ1) is 7.09. The second-order valence-electron chi connectivity index (χ2n) is 2.97. The van der Waals surface area contributed by atoms with Crippen LogP contribution < -0.4 is 0 Å². The number of para-hydroxylation sites is 1. The molecular formula is C10H6BrNO3. The SMILES string of the molecule is O=C(O)c1nc2c(O)cccc2cc1Br. The molecule has 0 atom stereocenters. The van der Waals surface area contributed by atoms with Crippen molar-refractivity contribution in [3.8, 4) is 5.75 Å². The normalized spacial score (nSPS) is 10.5. The van der Waals surface area contributed by atoms with Crippen LogP contribution >= 0.6 is 15.9 Å². The number of hydrogen-bond acceptors (Lipinski definition) is 3. The third-order valence-electron chi connectivity index (χ3n) is 1.98. The maximum absolute atomic E-state index is 10.8.